The van der Waals surface area contributed by atoms with E-state index in [9.17, 15) is 0 Å². The highest BCUT2D eigenvalue weighted by atomic mass is 15.2. The molecule has 0 aliphatic carbocycles. The minimum Gasteiger partial charge on any atom is -0.367 e. The summed E-state index contributed by atoms with van der Waals surface area (Å²) in [5, 5.41) is 0. The molecule has 2 N–H and O–H groups in total. The van der Waals surface area contributed by atoms with Gasteiger partial charge in [-0.2, -0.15) is 0 Å². The van der Waals surface area contributed by atoms with Gasteiger partial charge >= 0.3 is 0 Å². The van der Waals surface area contributed by atoms with Crippen LogP contribution in [0.15, 0.2) is 24.3 Å². The van der Waals surface area contributed by atoms with Crippen LogP contribution in [0.4, 0.5) is 5.69 Å². The number of aryl methyl sites for hydroxylation is 1. The molecule has 18 heavy (non-hydrogen) atoms. The third-order valence-electron chi connectivity index (χ3n) is 4.56. The second-order valence-electron chi connectivity index (χ2n) is 5.71. The van der Waals surface area contributed by atoms with E-state index >= 15 is 0 Å². The van der Waals surface area contributed by atoms with E-state index in [2.05, 4.69) is 49.9 Å². The Bertz CT molecular complexity index is 396. The Kier molecular flexibility index (Phi) is 3.96. The molecule has 0 saturated heterocycles. The lowest BCUT2D eigenvalue weighted by molar-refractivity contribution is 0.373. The van der Waals surface area contributed by atoms with Crippen LogP contribution in [-0.2, 0) is 6.42 Å². The van der Waals surface area contributed by atoms with Gasteiger partial charge in [0.2, 0.25) is 0 Å². The maximum absolute atomic E-state index is 6.51. The molecule has 0 fully saturated rings. The number of hydrogen-bond acceptors (Lipinski definition) is 2. The Hall–Kier alpha value is -1.02. The largest absolute Gasteiger partial charge is 0.367 e. The van der Waals surface area contributed by atoms with Crippen molar-refractivity contribution in [2.45, 2.75) is 58.0 Å². The highest BCUT2D eigenvalue weighted by Gasteiger charge is 2.29. The monoisotopic (exact) mass is 246 g/mol. The molecule has 0 spiro atoms. The summed E-state index contributed by atoms with van der Waals surface area (Å²) in [6.07, 6.45) is 4.51. The maximum atomic E-state index is 6.51. The number of nitrogens with two attached hydrogens (primary N) is 1. The van der Waals surface area contributed by atoms with E-state index in [1.165, 1.54) is 24.1 Å². The molecular formula is C16H26N2. The van der Waals surface area contributed by atoms with Crippen molar-refractivity contribution in [1.29, 1.82) is 0 Å². The van der Waals surface area contributed by atoms with Crippen LogP contribution in [-0.4, -0.2) is 18.1 Å². The minimum absolute atomic E-state index is 0.0568. The number of benzene rings is 1. The summed E-state index contributed by atoms with van der Waals surface area (Å²) < 4.78 is 0. The number of fused-ring (bicyclic) bond motifs is 1. The molecule has 100 valence electrons. The van der Waals surface area contributed by atoms with Crippen molar-refractivity contribution in [1.82, 2.24) is 0 Å². The first-order valence-electron chi connectivity index (χ1n) is 7.23. The molecule has 1 heterocycles. The zero-order chi connectivity index (χ0) is 13.2. The molecule has 0 bridgehead atoms. The van der Waals surface area contributed by atoms with E-state index in [0.29, 0.717) is 6.04 Å². The van der Waals surface area contributed by atoms with E-state index in [1.807, 2.05) is 0 Å². The van der Waals surface area contributed by atoms with Crippen LogP contribution in [0.2, 0.25) is 0 Å². The van der Waals surface area contributed by atoms with E-state index in [4.69, 9.17) is 5.73 Å². The molecule has 1 aliphatic heterocycles. The summed E-state index contributed by atoms with van der Waals surface area (Å²) in [6.45, 7) is 7.69. The van der Waals surface area contributed by atoms with E-state index in [0.717, 1.165) is 19.4 Å². The lowest BCUT2D eigenvalue weighted by Gasteiger charge is -2.42. The van der Waals surface area contributed by atoms with E-state index < -0.39 is 0 Å². The number of hydrogen-bond donors (Lipinski definition) is 1. The van der Waals surface area contributed by atoms with Gasteiger partial charge in [0, 0.05) is 23.8 Å². The van der Waals surface area contributed by atoms with Crippen LogP contribution >= 0.6 is 0 Å². The first-order valence-corrected chi connectivity index (χ1v) is 7.23. The smallest absolute Gasteiger partial charge is 0.0401 e. The molecule has 0 amide bonds. The first kappa shape index (κ1) is 13.4. The predicted molar refractivity (Wildman–Crippen MR) is 79.1 cm³/mol. The summed E-state index contributed by atoms with van der Waals surface area (Å²) in [4.78, 5) is 2.52. The van der Waals surface area contributed by atoms with Crippen molar-refractivity contribution < 1.29 is 0 Å². The van der Waals surface area contributed by atoms with Gasteiger partial charge in [-0.3, -0.25) is 0 Å². The molecule has 1 unspecified atom stereocenters. The van der Waals surface area contributed by atoms with Crippen LogP contribution in [0.5, 0.6) is 0 Å². The molecule has 0 saturated carbocycles. The lowest BCUT2D eigenvalue weighted by atomic mass is 9.89. The Morgan fingerprint density at radius 2 is 1.94 bits per heavy atom. The summed E-state index contributed by atoms with van der Waals surface area (Å²) in [7, 11) is 0. The van der Waals surface area contributed by atoms with Crippen molar-refractivity contribution >= 4 is 5.69 Å². The van der Waals surface area contributed by atoms with E-state index in [1.54, 1.807) is 0 Å². The zero-order valence-electron chi connectivity index (χ0n) is 11.9. The molecule has 1 atom stereocenters. The van der Waals surface area contributed by atoms with Crippen molar-refractivity contribution in [3.05, 3.63) is 29.8 Å². The van der Waals surface area contributed by atoms with Crippen LogP contribution in [0, 0.1) is 0 Å². The topological polar surface area (TPSA) is 29.3 Å². The fourth-order valence-electron chi connectivity index (χ4n) is 2.81. The third-order valence-corrected chi connectivity index (χ3v) is 4.56. The quantitative estimate of drug-likeness (QED) is 0.883. The highest BCUT2D eigenvalue weighted by molar-refractivity contribution is 5.56. The van der Waals surface area contributed by atoms with Crippen molar-refractivity contribution in [2.24, 2.45) is 5.73 Å². The average molecular weight is 246 g/mol. The van der Waals surface area contributed by atoms with Gasteiger partial charge in [-0.05, 0) is 44.2 Å². The van der Waals surface area contributed by atoms with Gasteiger partial charge in [0.15, 0.2) is 0 Å². The first-order chi connectivity index (χ1) is 8.59. The van der Waals surface area contributed by atoms with E-state index in [-0.39, 0.29) is 5.54 Å². The lowest BCUT2D eigenvalue weighted by Crippen LogP contribution is -2.53. The van der Waals surface area contributed by atoms with Gasteiger partial charge in [0.1, 0.15) is 0 Å². The van der Waals surface area contributed by atoms with Gasteiger partial charge in [-0.1, -0.05) is 32.0 Å². The van der Waals surface area contributed by atoms with Crippen LogP contribution in [0.1, 0.15) is 45.6 Å². The molecule has 1 aliphatic rings. The summed E-state index contributed by atoms with van der Waals surface area (Å²) in [6, 6.07) is 9.38. The Morgan fingerprint density at radius 1 is 1.28 bits per heavy atom. The van der Waals surface area contributed by atoms with Crippen LogP contribution < -0.4 is 10.6 Å². The molecule has 1 aromatic rings. The normalized spacial score (nSPS) is 19.8. The second kappa shape index (κ2) is 5.31. The predicted octanol–water partition coefficient (Wildman–Crippen LogP) is 3.35. The van der Waals surface area contributed by atoms with Gasteiger partial charge in [-0.15, -0.1) is 0 Å². The Balaban J connectivity index is 2.27. The van der Waals surface area contributed by atoms with Crippen molar-refractivity contribution in [3.63, 3.8) is 0 Å². The van der Waals surface area contributed by atoms with Crippen LogP contribution in [0.3, 0.4) is 0 Å². The number of nitrogens with zero attached hydrogens (tertiary/aromatic N) is 1. The second-order valence-corrected chi connectivity index (χ2v) is 5.71. The van der Waals surface area contributed by atoms with Crippen LogP contribution in [0.25, 0.3) is 0 Å². The maximum Gasteiger partial charge on any atom is 0.0401 e. The molecule has 2 nitrogen and oxygen atoms in total. The zero-order valence-corrected chi connectivity index (χ0v) is 11.9. The third kappa shape index (κ3) is 2.54. The summed E-state index contributed by atoms with van der Waals surface area (Å²) in [5.41, 5.74) is 9.32. The van der Waals surface area contributed by atoms with Gasteiger partial charge < -0.3 is 10.6 Å². The number of rotatable bonds is 4. The average Bonchev–Trinajstić information content (AvgIpc) is 2.42. The number of anilines is 1. The van der Waals surface area contributed by atoms with Crippen molar-refractivity contribution in [2.75, 3.05) is 11.4 Å². The standard InChI is InChI=1S/C16H26N2/c1-4-16(17,5-2)12-18-13(3)10-11-14-8-6-7-9-15(14)18/h6-9,13H,4-5,10-12,17H2,1-3H3. The summed E-state index contributed by atoms with van der Waals surface area (Å²) >= 11 is 0. The Labute approximate surface area is 111 Å². The molecule has 2 heteroatoms. The summed E-state index contributed by atoms with van der Waals surface area (Å²) in [5.74, 6) is 0. The molecule has 1 aromatic carbocycles. The van der Waals surface area contributed by atoms with Gasteiger partial charge in [0.05, 0.1) is 0 Å². The SMILES string of the molecule is CCC(N)(CC)CN1c2ccccc2CCC1C. The van der Waals surface area contributed by atoms with Gasteiger partial charge in [-0.25, -0.2) is 0 Å². The highest BCUT2D eigenvalue weighted by Crippen LogP contribution is 2.32. The molecular weight excluding hydrogens is 220 g/mol. The molecule has 0 radical (unpaired) electrons. The fourth-order valence-corrected chi connectivity index (χ4v) is 2.81. The number of para-hydroxylation sites is 1. The molecule has 2 rings (SSSR count). The molecule has 0 aromatic heterocycles. The minimum atomic E-state index is -0.0568. The fraction of sp³-hybridized carbons (Fsp3) is 0.625. The Morgan fingerprint density at radius 3 is 2.61 bits per heavy atom. The van der Waals surface area contributed by atoms with Gasteiger partial charge in [0.25, 0.3) is 0 Å². The van der Waals surface area contributed by atoms with Crippen molar-refractivity contribution in [3.8, 4) is 0 Å².